The molecule has 32 heavy (non-hydrogen) atoms. The van der Waals surface area contributed by atoms with Gasteiger partial charge in [-0.25, -0.2) is 0 Å². The molecule has 3 aromatic carbocycles. The second-order valence-corrected chi connectivity index (χ2v) is 9.69. The first-order chi connectivity index (χ1) is 15.5. The molecular formula is C25H22ClIN4O. The molecule has 162 valence electrons. The van der Waals surface area contributed by atoms with E-state index in [9.17, 15) is 4.79 Å². The lowest BCUT2D eigenvalue weighted by atomic mass is 9.91. The van der Waals surface area contributed by atoms with E-state index in [4.69, 9.17) is 16.7 Å². The third kappa shape index (κ3) is 3.86. The number of nitrogens with zero attached hydrogens (tertiary/aromatic N) is 3. The molecule has 0 bridgehead atoms. The van der Waals surface area contributed by atoms with Crippen molar-refractivity contribution in [2.75, 3.05) is 16.6 Å². The van der Waals surface area contributed by atoms with Crippen LogP contribution in [0.3, 0.4) is 0 Å². The van der Waals surface area contributed by atoms with Gasteiger partial charge in [0.05, 0.1) is 22.4 Å². The minimum absolute atomic E-state index is 0.121. The number of benzene rings is 3. The zero-order chi connectivity index (χ0) is 22.2. The van der Waals surface area contributed by atoms with E-state index in [1.54, 1.807) is 0 Å². The van der Waals surface area contributed by atoms with Gasteiger partial charge in [-0.2, -0.15) is 5.10 Å². The minimum Gasteiger partial charge on any atom is -0.285 e. The first-order valence-electron chi connectivity index (χ1n) is 10.6. The average molecular weight is 557 g/mol. The molecule has 0 spiro atoms. The molecule has 0 aliphatic carbocycles. The normalized spacial score (nSPS) is 19.7. The van der Waals surface area contributed by atoms with Crippen LogP contribution in [0.25, 0.3) is 0 Å². The molecule has 1 amide bonds. The average Bonchev–Trinajstić information content (AvgIpc) is 3.36. The van der Waals surface area contributed by atoms with Crippen LogP contribution in [0.2, 0.25) is 5.02 Å². The molecular weight excluding hydrogens is 535 g/mol. The number of carbonyl (C=O) groups excluding carboxylic acids is 1. The molecule has 7 heteroatoms. The molecule has 0 saturated heterocycles. The Hall–Kier alpha value is -2.58. The summed E-state index contributed by atoms with van der Waals surface area (Å²) in [6.07, 6.45) is 0.912. The molecule has 3 aromatic rings. The zero-order valence-corrected chi connectivity index (χ0v) is 20.4. The van der Waals surface area contributed by atoms with E-state index in [1.165, 1.54) is 5.56 Å². The molecule has 0 aromatic heterocycles. The highest BCUT2D eigenvalue weighted by molar-refractivity contribution is 14.1. The van der Waals surface area contributed by atoms with Crippen molar-refractivity contribution in [2.24, 2.45) is 11.0 Å². The van der Waals surface area contributed by atoms with Gasteiger partial charge < -0.3 is 0 Å². The number of halogens is 2. The van der Waals surface area contributed by atoms with Gasteiger partial charge in [0.1, 0.15) is 5.71 Å². The molecule has 2 atom stereocenters. The highest BCUT2D eigenvalue weighted by atomic mass is 127. The van der Waals surface area contributed by atoms with Gasteiger partial charge in [-0.3, -0.25) is 20.2 Å². The summed E-state index contributed by atoms with van der Waals surface area (Å²) in [6.45, 7) is 2.80. The van der Waals surface area contributed by atoms with Crippen molar-refractivity contribution < 1.29 is 4.79 Å². The Morgan fingerprint density at radius 3 is 2.47 bits per heavy atom. The SMILES string of the molecule is C[C@@H]1C(C(=O)NN2CCc3ccccc32)=NN(c2ccccc2Cl)[C@@H]1c1ccc(I)cc1. The fourth-order valence-electron chi connectivity index (χ4n) is 4.45. The van der Waals surface area contributed by atoms with Crippen molar-refractivity contribution >= 4 is 57.2 Å². The summed E-state index contributed by atoms with van der Waals surface area (Å²) in [4.78, 5) is 13.4. The number of rotatable bonds is 4. The van der Waals surface area contributed by atoms with Crippen molar-refractivity contribution in [3.8, 4) is 0 Å². The van der Waals surface area contributed by atoms with E-state index in [1.807, 2.05) is 52.5 Å². The Morgan fingerprint density at radius 1 is 1.03 bits per heavy atom. The number of hydrazone groups is 1. The summed E-state index contributed by atoms with van der Waals surface area (Å²) in [5.41, 5.74) is 7.75. The lowest BCUT2D eigenvalue weighted by Gasteiger charge is -2.27. The lowest BCUT2D eigenvalue weighted by molar-refractivity contribution is -0.115. The highest BCUT2D eigenvalue weighted by Gasteiger charge is 2.40. The van der Waals surface area contributed by atoms with Crippen LogP contribution >= 0.6 is 34.2 Å². The maximum absolute atomic E-state index is 13.4. The van der Waals surface area contributed by atoms with Crippen LogP contribution in [-0.4, -0.2) is 18.2 Å². The van der Waals surface area contributed by atoms with Crippen molar-refractivity contribution in [1.82, 2.24) is 5.43 Å². The van der Waals surface area contributed by atoms with Gasteiger partial charge in [0, 0.05) is 16.0 Å². The molecule has 2 aliphatic rings. The van der Waals surface area contributed by atoms with Crippen molar-refractivity contribution in [1.29, 1.82) is 0 Å². The van der Waals surface area contributed by atoms with E-state index in [0.29, 0.717) is 10.7 Å². The van der Waals surface area contributed by atoms with Gasteiger partial charge in [-0.15, -0.1) is 0 Å². The Bertz CT molecular complexity index is 1200. The smallest absolute Gasteiger partial charge is 0.285 e. The molecule has 0 fully saturated rings. The topological polar surface area (TPSA) is 47.9 Å². The largest absolute Gasteiger partial charge is 0.286 e. The van der Waals surface area contributed by atoms with Gasteiger partial charge >= 0.3 is 0 Å². The second-order valence-electron chi connectivity index (χ2n) is 8.04. The predicted octanol–water partition coefficient (Wildman–Crippen LogP) is 5.59. The summed E-state index contributed by atoms with van der Waals surface area (Å²) >= 11 is 8.83. The number of fused-ring (bicyclic) bond motifs is 1. The fraction of sp³-hybridized carbons (Fsp3) is 0.200. The van der Waals surface area contributed by atoms with E-state index in [2.05, 4.69) is 65.3 Å². The van der Waals surface area contributed by atoms with Crippen LogP contribution in [0.1, 0.15) is 24.1 Å². The van der Waals surface area contributed by atoms with Gasteiger partial charge in [0.2, 0.25) is 0 Å². The Balaban J connectivity index is 1.48. The molecule has 0 radical (unpaired) electrons. The van der Waals surface area contributed by atoms with Gasteiger partial charge in [0.15, 0.2) is 0 Å². The fourth-order valence-corrected chi connectivity index (χ4v) is 5.03. The van der Waals surface area contributed by atoms with Crippen molar-refractivity contribution in [2.45, 2.75) is 19.4 Å². The monoisotopic (exact) mass is 556 g/mol. The van der Waals surface area contributed by atoms with Crippen LogP contribution in [0, 0.1) is 9.49 Å². The third-order valence-corrected chi connectivity index (χ3v) is 7.09. The summed E-state index contributed by atoms with van der Waals surface area (Å²) < 4.78 is 1.16. The molecule has 2 aliphatic heterocycles. The van der Waals surface area contributed by atoms with Crippen LogP contribution in [0.5, 0.6) is 0 Å². The van der Waals surface area contributed by atoms with Crippen molar-refractivity contribution in [3.05, 3.63) is 92.5 Å². The number of nitrogens with one attached hydrogen (secondary N) is 1. The first kappa shape index (κ1) is 21.3. The maximum Gasteiger partial charge on any atom is 0.286 e. The highest BCUT2D eigenvalue weighted by Crippen LogP contribution is 2.41. The Labute approximate surface area is 206 Å². The summed E-state index contributed by atoms with van der Waals surface area (Å²) in [5.74, 6) is -0.302. The molecule has 5 nitrogen and oxygen atoms in total. The standard InChI is InChI=1S/C25H22ClIN4O/c1-16-23(25(32)29-30-15-14-17-6-2-4-8-21(17)30)28-31(22-9-5-3-7-20(22)26)24(16)18-10-12-19(27)13-11-18/h2-13,16,24H,14-15H2,1H3,(H,29,32)/t16-,24+/m1/s1. The van der Waals surface area contributed by atoms with Crippen LogP contribution in [0.15, 0.2) is 77.9 Å². The van der Waals surface area contributed by atoms with E-state index >= 15 is 0 Å². The molecule has 5 rings (SSSR count). The van der Waals surface area contributed by atoms with E-state index in [-0.39, 0.29) is 17.9 Å². The Morgan fingerprint density at radius 2 is 1.72 bits per heavy atom. The quantitative estimate of drug-likeness (QED) is 0.426. The van der Waals surface area contributed by atoms with Gasteiger partial charge in [0.25, 0.3) is 5.91 Å². The third-order valence-electron chi connectivity index (χ3n) is 6.05. The number of hydrazine groups is 1. The molecule has 1 N–H and O–H groups in total. The number of carbonyl (C=O) groups is 1. The molecule has 2 heterocycles. The van der Waals surface area contributed by atoms with Crippen LogP contribution in [-0.2, 0) is 11.2 Å². The first-order valence-corrected chi connectivity index (χ1v) is 12.0. The maximum atomic E-state index is 13.4. The van der Waals surface area contributed by atoms with Gasteiger partial charge in [-0.05, 0) is 70.5 Å². The minimum atomic E-state index is -0.181. The summed E-state index contributed by atoms with van der Waals surface area (Å²) in [6, 6.07) is 24.0. The van der Waals surface area contributed by atoms with Crippen LogP contribution in [0.4, 0.5) is 11.4 Å². The summed E-state index contributed by atoms with van der Waals surface area (Å²) in [7, 11) is 0. The summed E-state index contributed by atoms with van der Waals surface area (Å²) in [5, 5.41) is 9.22. The molecule has 0 saturated carbocycles. The number of para-hydroxylation sites is 2. The van der Waals surface area contributed by atoms with Crippen molar-refractivity contribution in [3.63, 3.8) is 0 Å². The van der Waals surface area contributed by atoms with Gasteiger partial charge in [-0.1, -0.05) is 61.0 Å². The van der Waals surface area contributed by atoms with E-state index < -0.39 is 0 Å². The molecule has 0 unspecified atom stereocenters. The second kappa shape index (κ2) is 8.75. The zero-order valence-electron chi connectivity index (χ0n) is 17.5. The predicted molar refractivity (Wildman–Crippen MR) is 138 cm³/mol. The number of hydrogen-bond acceptors (Lipinski definition) is 4. The lowest BCUT2D eigenvalue weighted by Crippen LogP contribution is -2.45. The Kier molecular flexibility index (Phi) is 5.82. The number of hydrogen-bond donors (Lipinski definition) is 1. The number of anilines is 2. The van der Waals surface area contributed by atoms with Crippen LogP contribution < -0.4 is 15.4 Å². The number of amides is 1. The van der Waals surface area contributed by atoms with E-state index in [0.717, 1.165) is 33.5 Å².